The van der Waals surface area contributed by atoms with E-state index in [1.165, 1.54) is 15.7 Å². The Hall–Kier alpha value is -1.31. The monoisotopic (exact) mass is 286 g/mol. The third-order valence-electron chi connectivity index (χ3n) is 3.08. The van der Waals surface area contributed by atoms with E-state index in [4.69, 9.17) is 9.84 Å². The van der Waals surface area contributed by atoms with Crippen LogP contribution in [-0.4, -0.2) is 51.2 Å². The van der Waals surface area contributed by atoms with Crippen LogP contribution >= 0.6 is 0 Å². The molecular weight excluding hydrogens is 268 g/mol. The van der Waals surface area contributed by atoms with E-state index in [2.05, 4.69) is 0 Å². The van der Waals surface area contributed by atoms with E-state index in [0.717, 1.165) is 0 Å². The number of aliphatic hydroxyl groups excluding tert-OH is 1. The van der Waals surface area contributed by atoms with Gasteiger partial charge in [-0.25, -0.2) is 0 Å². The minimum absolute atomic E-state index is 0.0132. The summed E-state index contributed by atoms with van der Waals surface area (Å²) in [6.45, 7) is 1.15. The van der Waals surface area contributed by atoms with Crippen molar-refractivity contribution in [2.45, 2.75) is 6.42 Å². The van der Waals surface area contributed by atoms with E-state index >= 15 is 0 Å². The van der Waals surface area contributed by atoms with Gasteiger partial charge in [-0.2, -0.15) is 12.7 Å². The Labute approximate surface area is 113 Å². The molecule has 0 aromatic heterocycles. The molecule has 1 fully saturated rings. The van der Waals surface area contributed by atoms with Crippen LogP contribution in [-0.2, 0) is 10.2 Å². The van der Waals surface area contributed by atoms with Crippen molar-refractivity contribution in [2.24, 2.45) is 0 Å². The molecule has 0 amide bonds. The number of anilines is 1. The second-order valence-electron chi connectivity index (χ2n) is 4.23. The van der Waals surface area contributed by atoms with E-state index in [-0.39, 0.29) is 6.61 Å². The Morgan fingerprint density at radius 3 is 2.74 bits per heavy atom. The molecule has 1 heterocycles. The number of benzene rings is 1. The Kier molecular flexibility index (Phi) is 4.28. The number of ether oxygens (including phenoxy) is 1. The number of hydrogen-bond donors (Lipinski definition) is 1. The molecule has 2 rings (SSSR count). The summed E-state index contributed by atoms with van der Waals surface area (Å²) in [5, 5.41) is 8.81. The van der Waals surface area contributed by atoms with Gasteiger partial charge in [0.2, 0.25) is 0 Å². The molecule has 106 valence electrons. The molecule has 1 aromatic rings. The van der Waals surface area contributed by atoms with Crippen molar-refractivity contribution >= 4 is 15.9 Å². The summed E-state index contributed by atoms with van der Waals surface area (Å²) in [5.74, 6) is 0.537. The normalized spacial score (nSPS) is 18.7. The van der Waals surface area contributed by atoms with Crippen LogP contribution in [0.3, 0.4) is 0 Å². The Morgan fingerprint density at radius 1 is 1.32 bits per heavy atom. The topological polar surface area (TPSA) is 70.1 Å². The molecule has 1 aliphatic rings. The summed E-state index contributed by atoms with van der Waals surface area (Å²) >= 11 is 0. The molecule has 0 aliphatic carbocycles. The summed E-state index contributed by atoms with van der Waals surface area (Å²) in [5.41, 5.74) is 0.552. The second-order valence-corrected chi connectivity index (χ2v) is 6.08. The lowest BCUT2D eigenvalue weighted by atomic mass is 10.3. The molecule has 7 heteroatoms. The predicted octanol–water partition coefficient (Wildman–Crippen LogP) is 0.444. The van der Waals surface area contributed by atoms with Gasteiger partial charge in [-0.05, 0) is 18.6 Å². The highest BCUT2D eigenvalue weighted by molar-refractivity contribution is 7.90. The lowest BCUT2D eigenvalue weighted by Gasteiger charge is -2.21. The van der Waals surface area contributed by atoms with Crippen molar-refractivity contribution in [1.82, 2.24) is 4.31 Å². The minimum atomic E-state index is -3.51. The Morgan fingerprint density at radius 2 is 2.05 bits per heavy atom. The van der Waals surface area contributed by atoms with Crippen molar-refractivity contribution in [1.29, 1.82) is 0 Å². The summed E-state index contributed by atoms with van der Waals surface area (Å²) in [6, 6.07) is 7.05. The van der Waals surface area contributed by atoms with Gasteiger partial charge in [0.15, 0.2) is 0 Å². The van der Waals surface area contributed by atoms with E-state index in [0.29, 0.717) is 37.5 Å². The molecule has 1 N–H and O–H groups in total. The number of methoxy groups -OCH3 is 1. The molecule has 6 nitrogen and oxygen atoms in total. The summed E-state index contributed by atoms with van der Waals surface area (Å²) in [4.78, 5) is 0. The van der Waals surface area contributed by atoms with Crippen LogP contribution in [0.25, 0.3) is 0 Å². The summed E-state index contributed by atoms with van der Waals surface area (Å²) < 4.78 is 32.7. The first kappa shape index (κ1) is 14.1. The molecule has 0 spiro atoms. The van der Waals surface area contributed by atoms with Crippen LogP contribution in [0.1, 0.15) is 6.42 Å². The van der Waals surface area contributed by atoms with Crippen LogP contribution in [0.2, 0.25) is 0 Å². The fourth-order valence-electron chi connectivity index (χ4n) is 2.13. The lowest BCUT2D eigenvalue weighted by molar-refractivity contribution is 0.273. The van der Waals surface area contributed by atoms with Crippen LogP contribution in [0, 0.1) is 0 Å². The van der Waals surface area contributed by atoms with Crippen molar-refractivity contribution in [3.63, 3.8) is 0 Å². The van der Waals surface area contributed by atoms with Crippen molar-refractivity contribution in [3.05, 3.63) is 24.3 Å². The highest BCUT2D eigenvalue weighted by Gasteiger charge is 2.37. The van der Waals surface area contributed by atoms with Gasteiger partial charge >= 0.3 is 10.2 Å². The van der Waals surface area contributed by atoms with Gasteiger partial charge in [-0.15, -0.1) is 0 Å². The third kappa shape index (κ3) is 2.68. The molecule has 1 aromatic carbocycles. The standard InChI is InChI=1S/C12H18N2O4S/c1-18-12-6-3-2-5-11(12)14-9-8-13(7-4-10-15)19(14,16)17/h2-3,5-6,15H,4,7-10H2,1H3. The number of para-hydroxylation sites is 2. The minimum Gasteiger partial charge on any atom is -0.495 e. The fourth-order valence-corrected chi connectivity index (χ4v) is 3.79. The lowest BCUT2D eigenvalue weighted by Crippen LogP contribution is -2.34. The second kappa shape index (κ2) is 5.77. The van der Waals surface area contributed by atoms with Crippen LogP contribution in [0.4, 0.5) is 5.69 Å². The largest absolute Gasteiger partial charge is 0.495 e. The number of nitrogens with zero attached hydrogens (tertiary/aromatic N) is 2. The van der Waals surface area contributed by atoms with E-state index < -0.39 is 10.2 Å². The maximum Gasteiger partial charge on any atom is 0.304 e. The first-order chi connectivity index (χ1) is 9.11. The van der Waals surface area contributed by atoms with Gasteiger partial charge in [0, 0.05) is 26.2 Å². The molecular formula is C12H18N2O4S. The molecule has 0 bridgehead atoms. The average molecular weight is 286 g/mol. The molecule has 19 heavy (non-hydrogen) atoms. The third-order valence-corrected chi connectivity index (χ3v) is 5.03. The molecule has 0 radical (unpaired) electrons. The predicted molar refractivity (Wildman–Crippen MR) is 72.5 cm³/mol. The van der Waals surface area contributed by atoms with Crippen molar-refractivity contribution in [2.75, 3.05) is 37.7 Å². The zero-order valence-electron chi connectivity index (χ0n) is 10.8. The highest BCUT2D eigenvalue weighted by Crippen LogP contribution is 2.33. The molecule has 0 atom stereocenters. The molecule has 0 saturated carbocycles. The fraction of sp³-hybridized carbons (Fsp3) is 0.500. The van der Waals surface area contributed by atoms with Gasteiger partial charge < -0.3 is 9.84 Å². The van der Waals surface area contributed by atoms with Gasteiger partial charge in [0.1, 0.15) is 5.75 Å². The van der Waals surface area contributed by atoms with E-state index in [1.807, 2.05) is 0 Å². The van der Waals surface area contributed by atoms with Gasteiger partial charge in [0.25, 0.3) is 0 Å². The molecule has 1 aliphatic heterocycles. The van der Waals surface area contributed by atoms with Crippen LogP contribution < -0.4 is 9.04 Å². The maximum atomic E-state index is 12.4. The van der Waals surface area contributed by atoms with E-state index in [1.54, 1.807) is 24.3 Å². The number of hydrogen-bond acceptors (Lipinski definition) is 4. The van der Waals surface area contributed by atoms with Gasteiger partial charge in [-0.3, -0.25) is 4.31 Å². The molecule has 0 unspecified atom stereocenters. The summed E-state index contributed by atoms with van der Waals surface area (Å²) in [7, 11) is -1.99. The van der Waals surface area contributed by atoms with Gasteiger partial charge in [-0.1, -0.05) is 12.1 Å². The van der Waals surface area contributed by atoms with Crippen LogP contribution in [0.5, 0.6) is 5.75 Å². The van der Waals surface area contributed by atoms with Crippen molar-refractivity contribution in [3.8, 4) is 5.75 Å². The smallest absolute Gasteiger partial charge is 0.304 e. The van der Waals surface area contributed by atoms with Gasteiger partial charge in [0.05, 0.1) is 12.8 Å². The number of aliphatic hydroxyl groups is 1. The first-order valence-corrected chi connectivity index (χ1v) is 7.52. The maximum absolute atomic E-state index is 12.4. The number of rotatable bonds is 5. The quantitative estimate of drug-likeness (QED) is 0.853. The van der Waals surface area contributed by atoms with Crippen molar-refractivity contribution < 1.29 is 18.3 Å². The SMILES string of the molecule is COc1ccccc1N1CCN(CCCO)S1(=O)=O. The Bertz CT molecular complexity index is 532. The van der Waals surface area contributed by atoms with Crippen LogP contribution in [0.15, 0.2) is 24.3 Å². The Balaban J connectivity index is 2.27. The summed E-state index contributed by atoms with van der Waals surface area (Å²) in [6.07, 6.45) is 0.443. The zero-order chi connectivity index (χ0) is 13.9. The van der Waals surface area contributed by atoms with E-state index in [9.17, 15) is 8.42 Å². The molecule has 1 saturated heterocycles. The first-order valence-electron chi connectivity index (χ1n) is 6.13. The zero-order valence-corrected chi connectivity index (χ0v) is 11.6. The average Bonchev–Trinajstić information content (AvgIpc) is 2.71. The highest BCUT2D eigenvalue weighted by atomic mass is 32.2.